The van der Waals surface area contributed by atoms with Gasteiger partial charge in [0.15, 0.2) is 5.82 Å². The van der Waals surface area contributed by atoms with Crippen LogP contribution in [0.15, 0.2) is 4.52 Å². The molecule has 2 fully saturated rings. The Balaban J connectivity index is 1.76. The molecule has 112 valence electrons. The summed E-state index contributed by atoms with van der Waals surface area (Å²) in [5.74, 6) is 1.14. The molecule has 2 bridgehead atoms. The first kappa shape index (κ1) is 13.9. The lowest BCUT2D eigenvalue weighted by molar-refractivity contribution is 0.158. The van der Waals surface area contributed by atoms with Crippen LogP contribution in [-0.2, 0) is 0 Å². The van der Waals surface area contributed by atoms with Gasteiger partial charge in [0.1, 0.15) is 0 Å². The first-order valence-electron chi connectivity index (χ1n) is 7.92. The Hall–Kier alpha value is -1.10. The standard InChI is InChI=1S/C15H26N4O/c1-10(2)14-16-15(20-17-14)18-8-7-12-5-6-13(9-18)19(12)11(3)4/h10-13H,5-9H2,1-4H3. The summed E-state index contributed by atoms with van der Waals surface area (Å²) in [6.07, 6.45) is 3.84. The monoisotopic (exact) mass is 278 g/mol. The molecule has 1 aromatic heterocycles. The number of anilines is 1. The predicted molar refractivity (Wildman–Crippen MR) is 79.0 cm³/mol. The van der Waals surface area contributed by atoms with Crippen LogP contribution in [0.2, 0.25) is 0 Å². The van der Waals surface area contributed by atoms with Gasteiger partial charge in [-0.15, -0.1) is 0 Å². The van der Waals surface area contributed by atoms with E-state index in [0.29, 0.717) is 24.0 Å². The van der Waals surface area contributed by atoms with E-state index in [1.807, 2.05) is 0 Å². The van der Waals surface area contributed by atoms with Crippen LogP contribution in [0, 0.1) is 0 Å². The van der Waals surface area contributed by atoms with Crippen LogP contribution in [0.3, 0.4) is 0 Å². The minimum Gasteiger partial charge on any atom is -0.323 e. The molecule has 3 heterocycles. The summed E-state index contributed by atoms with van der Waals surface area (Å²) in [5, 5.41) is 4.10. The predicted octanol–water partition coefficient (Wildman–Crippen LogP) is 2.64. The lowest BCUT2D eigenvalue weighted by Crippen LogP contribution is -2.43. The Morgan fingerprint density at radius 1 is 1.10 bits per heavy atom. The third-order valence-corrected chi connectivity index (χ3v) is 4.65. The molecule has 0 aromatic carbocycles. The van der Waals surface area contributed by atoms with Gasteiger partial charge in [0.05, 0.1) is 0 Å². The Bertz CT molecular complexity index is 456. The maximum Gasteiger partial charge on any atom is 0.324 e. The first-order chi connectivity index (χ1) is 9.56. The first-order valence-corrected chi connectivity index (χ1v) is 7.92. The topological polar surface area (TPSA) is 45.4 Å². The molecule has 2 aliphatic rings. The molecule has 3 rings (SSSR count). The van der Waals surface area contributed by atoms with E-state index >= 15 is 0 Å². The van der Waals surface area contributed by atoms with Gasteiger partial charge < -0.3 is 9.42 Å². The lowest BCUT2D eigenvalue weighted by atomic mass is 10.1. The smallest absolute Gasteiger partial charge is 0.323 e. The van der Waals surface area contributed by atoms with Crippen molar-refractivity contribution in [1.29, 1.82) is 0 Å². The molecule has 0 spiro atoms. The van der Waals surface area contributed by atoms with Crippen molar-refractivity contribution in [2.75, 3.05) is 18.0 Å². The number of nitrogens with zero attached hydrogens (tertiary/aromatic N) is 4. The highest BCUT2D eigenvalue weighted by molar-refractivity contribution is 5.27. The fourth-order valence-electron chi connectivity index (χ4n) is 3.72. The molecule has 0 saturated carbocycles. The van der Waals surface area contributed by atoms with Gasteiger partial charge in [-0.1, -0.05) is 19.0 Å². The van der Waals surface area contributed by atoms with E-state index in [4.69, 9.17) is 4.52 Å². The molecule has 20 heavy (non-hydrogen) atoms. The number of hydrogen-bond donors (Lipinski definition) is 0. The minimum absolute atomic E-state index is 0.322. The zero-order valence-electron chi connectivity index (χ0n) is 13.0. The van der Waals surface area contributed by atoms with Gasteiger partial charge in [-0.3, -0.25) is 4.90 Å². The van der Waals surface area contributed by atoms with Crippen LogP contribution >= 0.6 is 0 Å². The van der Waals surface area contributed by atoms with E-state index in [0.717, 1.165) is 25.0 Å². The van der Waals surface area contributed by atoms with Gasteiger partial charge in [0.25, 0.3) is 0 Å². The van der Waals surface area contributed by atoms with Crippen LogP contribution in [-0.4, -0.2) is 46.3 Å². The molecular weight excluding hydrogens is 252 g/mol. The van der Waals surface area contributed by atoms with Crippen LogP contribution in [0.4, 0.5) is 6.01 Å². The van der Waals surface area contributed by atoms with E-state index < -0.39 is 0 Å². The van der Waals surface area contributed by atoms with Crippen LogP contribution < -0.4 is 4.90 Å². The second-order valence-corrected chi connectivity index (χ2v) is 6.75. The zero-order chi connectivity index (χ0) is 14.3. The third kappa shape index (κ3) is 2.43. The SMILES string of the molecule is CC(C)c1noc(N2CCC3CCC(C2)N3C(C)C)n1. The molecule has 0 amide bonds. The quantitative estimate of drug-likeness (QED) is 0.850. The number of hydrogen-bond acceptors (Lipinski definition) is 5. The van der Waals surface area contributed by atoms with Crippen LogP contribution in [0.5, 0.6) is 0 Å². The van der Waals surface area contributed by atoms with Crippen molar-refractivity contribution in [1.82, 2.24) is 15.0 Å². The fourth-order valence-corrected chi connectivity index (χ4v) is 3.72. The van der Waals surface area contributed by atoms with Crippen molar-refractivity contribution < 1.29 is 4.52 Å². The van der Waals surface area contributed by atoms with Crippen molar-refractivity contribution >= 4 is 6.01 Å². The maximum atomic E-state index is 5.47. The van der Waals surface area contributed by atoms with Gasteiger partial charge in [0.2, 0.25) is 0 Å². The Kier molecular flexibility index (Phi) is 3.71. The molecule has 0 N–H and O–H groups in total. The third-order valence-electron chi connectivity index (χ3n) is 4.65. The van der Waals surface area contributed by atoms with Crippen molar-refractivity contribution in [3.8, 4) is 0 Å². The molecule has 5 heteroatoms. The Labute approximate surface area is 121 Å². The largest absolute Gasteiger partial charge is 0.324 e. The van der Waals surface area contributed by atoms with Crippen molar-refractivity contribution in [3.05, 3.63) is 5.82 Å². The van der Waals surface area contributed by atoms with E-state index in [-0.39, 0.29) is 0 Å². The van der Waals surface area contributed by atoms with Gasteiger partial charge >= 0.3 is 6.01 Å². The highest BCUT2D eigenvalue weighted by Gasteiger charge is 2.39. The minimum atomic E-state index is 0.322. The summed E-state index contributed by atoms with van der Waals surface area (Å²) < 4.78 is 5.47. The summed E-state index contributed by atoms with van der Waals surface area (Å²) in [5.41, 5.74) is 0. The van der Waals surface area contributed by atoms with Crippen LogP contribution in [0.25, 0.3) is 0 Å². The highest BCUT2D eigenvalue weighted by atomic mass is 16.5. The molecule has 2 atom stereocenters. The average Bonchev–Trinajstić information content (AvgIpc) is 2.94. The van der Waals surface area contributed by atoms with Crippen molar-refractivity contribution in [2.45, 2.75) is 71.0 Å². The van der Waals surface area contributed by atoms with E-state index in [1.54, 1.807) is 0 Å². The highest BCUT2D eigenvalue weighted by Crippen LogP contribution is 2.33. The van der Waals surface area contributed by atoms with Gasteiger partial charge in [0, 0.05) is 37.1 Å². The normalized spacial score (nSPS) is 27.6. The maximum absolute atomic E-state index is 5.47. The van der Waals surface area contributed by atoms with Gasteiger partial charge in [-0.05, 0) is 33.1 Å². The lowest BCUT2D eigenvalue weighted by Gasteiger charge is -2.31. The molecular formula is C15H26N4O. The summed E-state index contributed by atoms with van der Waals surface area (Å²) in [4.78, 5) is 9.54. The van der Waals surface area contributed by atoms with E-state index in [9.17, 15) is 0 Å². The summed E-state index contributed by atoms with van der Waals surface area (Å²) in [6.45, 7) is 10.9. The number of fused-ring (bicyclic) bond motifs is 2. The van der Waals surface area contributed by atoms with Crippen LogP contribution in [0.1, 0.15) is 58.7 Å². The second-order valence-electron chi connectivity index (χ2n) is 6.75. The fraction of sp³-hybridized carbons (Fsp3) is 0.867. The van der Waals surface area contributed by atoms with E-state index in [2.05, 4.69) is 47.6 Å². The van der Waals surface area contributed by atoms with Gasteiger partial charge in [-0.25, -0.2) is 0 Å². The summed E-state index contributed by atoms with van der Waals surface area (Å²) in [6, 6.07) is 2.71. The van der Waals surface area contributed by atoms with E-state index in [1.165, 1.54) is 19.3 Å². The molecule has 2 unspecified atom stereocenters. The Morgan fingerprint density at radius 2 is 1.85 bits per heavy atom. The average molecular weight is 278 g/mol. The van der Waals surface area contributed by atoms with Crippen molar-refractivity contribution in [3.63, 3.8) is 0 Å². The Morgan fingerprint density at radius 3 is 2.50 bits per heavy atom. The molecule has 1 aromatic rings. The summed E-state index contributed by atoms with van der Waals surface area (Å²) >= 11 is 0. The zero-order valence-corrected chi connectivity index (χ0v) is 13.0. The molecule has 5 nitrogen and oxygen atoms in total. The molecule has 0 radical (unpaired) electrons. The molecule has 0 aliphatic carbocycles. The second kappa shape index (κ2) is 5.35. The summed E-state index contributed by atoms with van der Waals surface area (Å²) in [7, 11) is 0. The number of aromatic nitrogens is 2. The van der Waals surface area contributed by atoms with Gasteiger partial charge in [-0.2, -0.15) is 4.98 Å². The molecule has 2 aliphatic heterocycles. The number of rotatable bonds is 3. The van der Waals surface area contributed by atoms with Crippen molar-refractivity contribution in [2.24, 2.45) is 0 Å². The molecule has 2 saturated heterocycles.